The van der Waals surface area contributed by atoms with Crippen LogP contribution in [0.3, 0.4) is 0 Å². The van der Waals surface area contributed by atoms with Gasteiger partial charge >= 0.3 is 6.16 Å². The van der Waals surface area contributed by atoms with Crippen LogP contribution in [0.2, 0.25) is 0 Å². The largest absolute Gasteiger partial charge is 0.506 e. The lowest BCUT2D eigenvalue weighted by Crippen LogP contribution is -2.16. The molecule has 0 radical (unpaired) electrons. The summed E-state index contributed by atoms with van der Waals surface area (Å²) in [5.74, 6) is 0. The fourth-order valence-electron chi connectivity index (χ4n) is 1.97. The monoisotopic (exact) mass is 255 g/mol. The van der Waals surface area contributed by atoms with Gasteiger partial charge in [-0.05, 0) is 25.7 Å². The summed E-state index contributed by atoms with van der Waals surface area (Å²) in [6.45, 7) is 2.19. The molecular formula is C14H25NO3. The van der Waals surface area contributed by atoms with Crippen LogP contribution in [-0.4, -0.2) is 17.4 Å². The lowest BCUT2D eigenvalue weighted by atomic mass is 10.0. The number of nitrogens with zero attached hydrogens (tertiary/aromatic N) is 1. The van der Waals surface area contributed by atoms with Crippen molar-refractivity contribution in [2.24, 2.45) is 0 Å². The third-order valence-electron chi connectivity index (χ3n) is 2.96. The zero-order chi connectivity index (χ0) is 13.6. The molecule has 0 aliphatic rings. The van der Waals surface area contributed by atoms with E-state index in [-0.39, 0.29) is 6.10 Å². The van der Waals surface area contributed by atoms with Crippen LogP contribution in [0.15, 0.2) is 0 Å². The first kappa shape index (κ1) is 16.8. The summed E-state index contributed by atoms with van der Waals surface area (Å²) in [4.78, 5) is 10.5. The van der Waals surface area contributed by atoms with Gasteiger partial charge in [-0.1, -0.05) is 39.0 Å². The van der Waals surface area contributed by atoms with Crippen LogP contribution < -0.4 is 0 Å². The quantitative estimate of drug-likeness (QED) is 0.436. The normalized spacial score (nSPS) is 11.8. The standard InChI is InChI=1S/C14H25NO3/c1-2-3-4-5-6-7-10-13(18-14(16)17)11-8-9-12-15/h13H,2-11H2,1H3,(H,16,17). The Morgan fingerprint density at radius 1 is 1.17 bits per heavy atom. The predicted octanol–water partition coefficient (Wildman–Crippen LogP) is 4.49. The number of ether oxygens (including phenoxy) is 1. The molecule has 0 aliphatic carbocycles. The van der Waals surface area contributed by atoms with Gasteiger partial charge in [0.05, 0.1) is 6.07 Å². The van der Waals surface area contributed by atoms with Crippen molar-refractivity contribution in [2.75, 3.05) is 0 Å². The molecule has 0 fully saturated rings. The van der Waals surface area contributed by atoms with Crippen molar-refractivity contribution in [1.82, 2.24) is 0 Å². The third-order valence-corrected chi connectivity index (χ3v) is 2.96. The molecule has 0 saturated carbocycles. The molecule has 18 heavy (non-hydrogen) atoms. The minimum Gasteiger partial charge on any atom is -0.450 e. The fraction of sp³-hybridized carbons (Fsp3) is 0.857. The molecule has 0 aliphatic heterocycles. The Balaban J connectivity index is 3.65. The number of hydrogen-bond donors (Lipinski definition) is 1. The van der Waals surface area contributed by atoms with E-state index in [4.69, 9.17) is 15.1 Å². The molecular weight excluding hydrogens is 230 g/mol. The van der Waals surface area contributed by atoms with Gasteiger partial charge in [0.25, 0.3) is 0 Å². The van der Waals surface area contributed by atoms with Crippen LogP contribution in [0.4, 0.5) is 4.79 Å². The van der Waals surface area contributed by atoms with Crippen molar-refractivity contribution < 1.29 is 14.6 Å². The number of unbranched alkanes of at least 4 members (excludes halogenated alkanes) is 6. The fourth-order valence-corrected chi connectivity index (χ4v) is 1.97. The van der Waals surface area contributed by atoms with Gasteiger partial charge in [0.1, 0.15) is 6.10 Å². The van der Waals surface area contributed by atoms with Crippen molar-refractivity contribution in [3.05, 3.63) is 0 Å². The second-order valence-electron chi connectivity index (χ2n) is 4.61. The molecule has 1 N–H and O–H groups in total. The van der Waals surface area contributed by atoms with Crippen LogP contribution in [0, 0.1) is 11.3 Å². The molecule has 0 saturated heterocycles. The molecule has 0 amide bonds. The van der Waals surface area contributed by atoms with E-state index < -0.39 is 6.16 Å². The van der Waals surface area contributed by atoms with Gasteiger partial charge in [0, 0.05) is 6.42 Å². The number of rotatable bonds is 11. The molecule has 0 bridgehead atoms. The molecule has 1 atom stereocenters. The van der Waals surface area contributed by atoms with Crippen molar-refractivity contribution in [3.63, 3.8) is 0 Å². The number of nitriles is 1. The van der Waals surface area contributed by atoms with Crippen LogP contribution in [0.5, 0.6) is 0 Å². The maximum absolute atomic E-state index is 10.5. The highest BCUT2D eigenvalue weighted by atomic mass is 16.7. The third kappa shape index (κ3) is 11.3. The molecule has 0 rings (SSSR count). The highest BCUT2D eigenvalue weighted by Crippen LogP contribution is 2.15. The molecule has 0 aromatic heterocycles. The lowest BCUT2D eigenvalue weighted by molar-refractivity contribution is 0.0427. The van der Waals surface area contributed by atoms with E-state index in [1.807, 2.05) is 0 Å². The molecule has 4 heteroatoms. The van der Waals surface area contributed by atoms with Crippen molar-refractivity contribution in [1.29, 1.82) is 5.26 Å². The van der Waals surface area contributed by atoms with Gasteiger partial charge < -0.3 is 9.84 Å². The molecule has 0 aromatic rings. The van der Waals surface area contributed by atoms with E-state index in [1.165, 1.54) is 25.7 Å². The van der Waals surface area contributed by atoms with E-state index in [9.17, 15) is 4.79 Å². The summed E-state index contributed by atoms with van der Waals surface area (Å²) in [6.07, 6.45) is 8.31. The first-order chi connectivity index (χ1) is 8.70. The Labute approximate surface area is 110 Å². The topological polar surface area (TPSA) is 70.3 Å². The van der Waals surface area contributed by atoms with Crippen LogP contribution in [-0.2, 0) is 4.74 Å². The van der Waals surface area contributed by atoms with Gasteiger partial charge in [-0.15, -0.1) is 0 Å². The first-order valence-electron chi connectivity index (χ1n) is 6.97. The minimum atomic E-state index is -1.21. The van der Waals surface area contributed by atoms with E-state index in [0.29, 0.717) is 19.3 Å². The predicted molar refractivity (Wildman–Crippen MR) is 70.4 cm³/mol. The summed E-state index contributed by atoms with van der Waals surface area (Å²) in [7, 11) is 0. The van der Waals surface area contributed by atoms with Crippen molar-refractivity contribution >= 4 is 6.16 Å². The van der Waals surface area contributed by atoms with Crippen LogP contribution in [0.25, 0.3) is 0 Å². The first-order valence-corrected chi connectivity index (χ1v) is 6.97. The Bertz CT molecular complexity index is 248. The Morgan fingerprint density at radius 2 is 1.78 bits per heavy atom. The smallest absolute Gasteiger partial charge is 0.450 e. The zero-order valence-corrected chi connectivity index (χ0v) is 11.4. The lowest BCUT2D eigenvalue weighted by Gasteiger charge is -2.15. The zero-order valence-electron chi connectivity index (χ0n) is 11.4. The highest BCUT2D eigenvalue weighted by Gasteiger charge is 2.12. The Hall–Kier alpha value is -1.24. The molecule has 104 valence electrons. The summed E-state index contributed by atoms with van der Waals surface area (Å²) in [5.41, 5.74) is 0. The van der Waals surface area contributed by atoms with Crippen LogP contribution >= 0.6 is 0 Å². The van der Waals surface area contributed by atoms with Gasteiger partial charge in [-0.3, -0.25) is 0 Å². The number of carbonyl (C=O) groups is 1. The number of carboxylic acid groups (broad SMARTS) is 1. The van der Waals surface area contributed by atoms with Gasteiger partial charge in [0.15, 0.2) is 0 Å². The van der Waals surface area contributed by atoms with E-state index >= 15 is 0 Å². The van der Waals surface area contributed by atoms with Crippen LogP contribution in [0.1, 0.15) is 71.1 Å². The molecule has 0 aromatic carbocycles. The maximum atomic E-state index is 10.5. The average Bonchev–Trinajstić information content (AvgIpc) is 2.33. The van der Waals surface area contributed by atoms with E-state index in [0.717, 1.165) is 19.3 Å². The van der Waals surface area contributed by atoms with Gasteiger partial charge in [0.2, 0.25) is 0 Å². The second-order valence-corrected chi connectivity index (χ2v) is 4.61. The highest BCUT2D eigenvalue weighted by molar-refractivity contribution is 5.57. The molecule has 0 spiro atoms. The molecule has 0 heterocycles. The Kier molecular flexibility index (Phi) is 11.4. The maximum Gasteiger partial charge on any atom is 0.506 e. The summed E-state index contributed by atoms with van der Waals surface area (Å²) in [6, 6.07) is 2.06. The Morgan fingerprint density at radius 3 is 2.39 bits per heavy atom. The summed E-state index contributed by atoms with van der Waals surface area (Å²) in [5, 5.41) is 17.1. The minimum absolute atomic E-state index is 0.234. The van der Waals surface area contributed by atoms with Crippen molar-refractivity contribution in [3.8, 4) is 6.07 Å². The SMILES string of the molecule is CCCCCCCCC(CCCC#N)OC(=O)O. The van der Waals surface area contributed by atoms with E-state index in [2.05, 4.69) is 13.0 Å². The van der Waals surface area contributed by atoms with Crippen molar-refractivity contribution in [2.45, 2.75) is 77.2 Å². The van der Waals surface area contributed by atoms with E-state index in [1.54, 1.807) is 0 Å². The molecule has 1 unspecified atom stereocenters. The summed E-state index contributed by atoms with van der Waals surface area (Å²) >= 11 is 0. The van der Waals surface area contributed by atoms with Gasteiger partial charge in [-0.25, -0.2) is 4.79 Å². The molecule has 4 nitrogen and oxygen atoms in total. The second kappa shape index (κ2) is 12.2. The number of hydrogen-bond acceptors (Lipinski definition) is 3. The van der Waals surface area contributed by atoms with Gasteiger partial charge in [-0.2, -0.15) is 5.26 Å². The summed E-state index contributed by atoms with van der Waals surface area (Å²) < 4.78 is 4.83. The average molecular weight is 255 g/mol.